The average molecular weight is 330 g/mol. The van der Waals surface area contributed by atoms with Crippen molar-refractivity contribution in [2.45, 2.75) is 18.9 Å². The van der Waals surface area contributed by atoms with Gasteiger partial charge in [0, 0.05) is 10.6 Å². The summed E-state index contributed by atoms with van der Waals surface area (Å²) in [6.45, 7) is 2.07. The van der Waals surface area contributed by atoms with Crippen molar-refractivity contribution in [1.29, 1.82) is 0 Å². The lowest BCUT2D eigenvalue weighted by atomic mass is 9.86. The molecule has 0 spiro atoms. The standard InChI is InChI=1S/C18H16ClNO3/c1-2-22-18(21)17-15(12-6-4-3-5-7-12)16(20-23-17)13-8-10-14(19)11-9-13/h3-11,15,17H,2H2,1H3/t15-,17-/m0/s1. The zero-order valence-electron chi connectivity index (χ0n) is 12.6. The van der Waals surface area contributed by atoms with Crippen LogP contribution < -0.4 is 0 Å². The van der Waals surface area contributed by atoms with Gasteiger partial charge in [0.15, 0.2) is 0 Å². The summed E-state index contributed by atoms with van der Waals surface area (Å²) >= 11 is 5.95. The molecule has 118 valence electrons. The Morgan fingerprint density at radius 3 is 2.52 bits per heavy atom. The minimum Gasteiger partial charge on any atom is -0.463 e. The number of ether oxygens (including phenoxy) is 1. The zero-order valence-corrected chi connectivity index (χ0v) is 13.4. The summed E-state index contributed by atoms with van der Waals surface area (Å²) in [6.07, 6.45) is -0.775. The molecule has 1 aliphatic rings. The van der Waals surface area contributed by atoms with Crippen LogP contribution in [0.1, 0.15) is 24.0 Å². The summed E-state index contributed by atoms with van der Waals surface area (Å²) in [4.78, 5) is 17.6. The average Bonchev–Trinajstić information content (AvgIpc) is 3.01. The van der Waals surface area contributed by atoms with Crippen LogP contribution in [-0.4, -0.2) is 24.4 Å². The van der Waals surface area contributed by atoms with Gasteiger partial charge in [-0.25, -0.2) is 4.79 Å². The second kappa shape index (κ2) is 6.84. The van der Waals surface area contributed by atoms with E-state index < -0.39 is 12.1 Å². The van der Waals surface area contributed by atoms with Crippen molar-refractivity contribution in [1.82, 2.24) is 0 Å². The van der Waals surface area contributed by atoms with Gasteiger partial charge in [0.1, 0.15) is 0 Å². The van der Waals surface area contributed by atoms with Gasteiger partial charge in [-0.1, -0.05) is 59.2 Å². The molecule has 0 saturated carbocycles. The molecule has 5 heteroatoms. The number of rotatable bonds is 4. The highest BCUT2D eigenvalue weighted by Gasteiger charge is 2.42. The van der Waals surface area contributed by atoms with E-state index in [1.165, 1.54) is 0 Å². The highest BCUT2D eigenvalue weighted by molar-refractivity contribution is 6.30. The second-order valence-electron chi connectivity index (χ2n) is 5.15. The molecule has 0 aromatic heterocycles. The lowest BCUT2D eigenvalue weighted by Gasteiger charge is -2.18. The molecule has 3 rings (SSSR count). The van der Waals surface area contributed by atoms with E-state index in [1.807, 2.05) is 42.5 Å². The summed E-state index contributed by atoms with van der Waals surface area (Å²) in [5.74, 6) is -0.717. The number of carbonyl (C=O) groups is 1. The molecule has 0 saturated heterocycles. The quantitative estimate of drug-likeness (QED) is 0.802. The first kappa shape index (κ1) is 15.6. The van der Waals surface area contributed by atoms with E-state index in [9.17, 15) is 4.79 Å². The van der Waals surface area contributed by atoms with Crippen molar-refractivity contribution < 1.29 is 14.4 Å². The van der Waals surface area contributed by atoms with Gasteiger partial charge in [0.2, 0.25) is 6.10 Å². The summed E-state index contributed by atoms with van der Waals surface area (Å²) in [6, 6.07) is 17.0. The Morgan fingerprint density at radius 2 is 1.87 bits per heavy atom. The van der Waals surface area contributed by atoms with E-state index in [-0.39, 0.29) is 5.92 Å². The first-order chi connectivity index (χ1) is 11.2. The van der Waals surface area contributed by atoms with Crippen LogP contribution in [0.5, 0.6) is 0 Å². The first-order valence-corrected chi connectivity index (χ1v) is 7.79. The van der Waals surface area contributed by atoms with Crippen LogP contribution in [-0.2, 0) is 14.4 Å². The molecule has 0 aliphatic carbocycles. The lowest BCUT2D eigenvalue weighted by molar-refractivity contribution is -0.155. The van der Waals surface area contributed by atoms with Gasteiger partial charge in [-0.3, -0.25) is 0 Å². The van der Waals surface area contributed by atoms with E-state index in [0.717, 1.165) is 11.1 Å². The molecular formula is C18H16ClNO3. The number of benzene rings is 2. The molecule has 0 bridgehead atoms. The van der Waals surface area contributed by atoms with Crippen LogP contribution in [0.15, 0.2) is 59.8 Å². The molecule has 0 amide bonds. The lowest BCUT2D eigenvalue weighted by Crippen LogP contribution is -2.31. The van der Waals surface area contributed by atoms with Gasteiger partial charge in [-0.2, -0.15) is 0 Å². The molecule has 0 N–H and O–H groups in total. The maximum Gasteiger partial charge on any atom is 0.351 e. The number of esters is 1. The van der Waals surface area contributed by atoms with Gasteiger partial charge in [0.25, 0.3) is 0 Å². The Hall–Kier alpha value is -2.33. The SMILES string of the molecule is CCOC(=O)[C@H]1ON=C(c2ccc(Cl)cc2)[C@@H]1c1ccccc1. The van der Waals surface area contributed by atoms with Gasteiger partial charge >= 0.3 is 5.97 Å². The zero-order chi connectivity index (χ0) is 16.2. The summed E-state index contributed by atoms with van der Waals surface area (Å²) in [5, 5.41) is 4.80. The van der Waals surface area contributed by atoms with Gasteiger partial charge in [-0.05, 0) is 24.6 Å². The van der Waals surface area contributed by atoms with Crippen LogP contribution in [0.2, 0.25) is 5.02 Å². The third-order valence-electron chi connectivity index (χ3n) is 3.68. The van der Waals surface area contributed by atoms with Crippen LogP contribution in [0.4, 0.5) is 0 Å². The van der Waals surface area contributed by atoms with Gasteiger partial charge < -0.3 is 9.57 Å². The maximum atomic E-state index is 12.2. The van der Waals surface area contributed by atoms with Crippen LogP contribution in [0, 0.1) is 0 Å². The first-order valence-electron chi connectivity index (χ1n) is 7.42. The van der Waals surface area contributed by atoms with Crippen molar-refractivity contribution >= 4 is 23.3 Å². The number of halogens is 1. The fourth-order valence-corrected chi connectivity index (χ4v) is 2.75. The van der Waals surface area contributed by atoms with Crippen LogP contribution in [0.25, 0.3) is 0 Å². The summed E-state index contributed by atoms with van der Waals surface area (Å²) in [5.41, 5.74) is 2.53. The fraction of sp³-hybridized carbons (Fsp3) is 0.222. The molecule has 0 unspecified atom stereocenters. The Labute approximate surface area is 139 Å². The number of hydrogen-bond acceptors (Lipinski definition) is 4. The maximum absolute atomic E-state index is 12.2. The van der Waals surface area contributed by atoms with Gasteiger partial charge in [-0.15, -0.1) is 0 Å². The number of hydrogen-bond donors (Lipinski definition) is 0. The normalized spacial score (nSPS) is 19.8. The predicted octanol–water partition coefficient (Wildman–Crippen LogP) is 3.79. The highest BCUT2D eigenvalue weighted by Crippen LogP contribution is 2.33. The van der Waals surface area contributed by atoms with E-state index >= 15 is 0 Å². The predicted molar refractivity (Wildman–Crippen MR) is 88.7 cm³/mol. The Morgan fingerprint density at radius 1 is 1.17 bits per heavy atom. The van der Waals surface area contributed by atoms with Crippen molar-refractivity contribution in [3.63, 3.8) is 0 Å². The number of oxime groups is 1. The van der Waals surface area contributed by atoms with Crippen LogP contribution in [0.3, 0.4) is 0 Å². The minimum atomic E-state index is -0.775. The molecule has 1 aliphatic heterocycles. The molecule has 2 aromatic rings. The van der Waals surface area contributed by atoms with E-state index in [4.69, 9.17) is 21.2 Å². The number of nitrogens with zero attached hydrogens (tertiary/aromatic N) is 1. The molecule has 4 nitrogen and oxygen atoms in total. The van der Waals surface area contributed by atoms with Crippen molar-refractivity contribution in [3.8, 4) is 0 Å². The number of carbonyl (C=O) groups excluding carboxylic acids is 1. The Bertz CT molecular complexity index is 713. The monoisotopic (exact) mass is 329 g/mol. The Balaban J connectivity index is 1.98. The molecule has 0 fully saturated rings. The second-order valence-corrected chi connectivity index (χ2v) is 5.59. The summed E-state index contributed by atoms with van der Waals surface area (Å²) in [7, 11) is 0. The van der Waals surface area contributed by atoms with E-state index in [2.05, 4.69) is 5.16 Å². The molecule has 23 heavy (non-hydrogen) atoms. The largest absolute Gasteiger partial charge is 0.463 e. The van der Waals surface area contributed by atoms with Crippen molar-refractivity contribution in [2.24, 2.45) is 5.16 Å². The third-order valence-corrected chi connectivity index (χ3v) is 3.93. The minimum absolute atomic E-state index is 0.302. The Kier molecular flexibility index (Phi) is 4.63. The van der Waals surface area contributed by atoms with Crippen molar-refractivity contribution in [2.75, 3.05) is 6.61 Å². The molecular weight excluding hydrogens is 314 g/mol. The smallest absolute Gasteiger partial charge is 0.351 e. The van der Waals surface area contributed by atoms with E-state index in [1.54, 1.807) is 19.1 Å². The van der Waals surface area contributed by atoms with Gasteiger partial charge in [0.05, 0.1) is 18.2 Å². The van der Waals surface area contributed by atoms with Crippen LogP contribution >= 0.6 is 11.6 Å². The van der Waals surface area contributed by atoms with Crippen molar-refractivity contribution in [3.05, 3.63) is 70.7 Å². The van der Waals surface area contributed by atoms with E-state index in [0.29, 0.717) is 17.3 Å². The molecule has 2 atom stereocenters. The molecule has 0 radical (unpaired) electrons. The molecule has 1 heterocycles. The topological polar surface area (TPSA) is 47.9 Å². The summed E-state index contributed by atoms with van der Waals surface area (Å²) < 4.78 is 5.12. The highest BCUT2D eigenvalue weighted by atomic mass is 35.5. The third kappa shape index (κ3) is 3.22. The fourth-order valence-electron chi connectivity index (χ4n) is 2.62. The molecule has 2 aromatic carbocycles.